The molecule has 5 rings (SSSR count). The van der Waals surface area contributed by atoms with Gasteiger partial charge in [-0.2, -0.15) is 0 Å². The molecule has 0 spiro atoms. The van der Waals surface area contributed by atoms with Crippen molar-refractivity contribution in [2.75, 3.05) is 19.4 Å². The first-order valence-corrected chi connectivity index (χ1v) is 14.8. The van der Waals surface area contributed by atoms with Crippen molar-refractivity contribution in [1.29, 1.82) is 0 Å². The van der Waals surface area contributed by atoms with Crippen molar-refractivity contribution in [3.05, 3.63) is 97.4 Å². The van der Waals surface area contributed by atoms with Crippen molar-refractivity contribution in [3.8, 4) is 0 Å². The van der Waals surface area contributed by atoms with Crippen LogP contribution < -0.4 is 0 Å². The van der Waals surface area contributed by atoms with Crippen molar-refractivity contribution < 1.29 is 25.8 Å². The Kier molecular flexibility index (Phi) is 6.30. The van der Waals surface area contributed by atoms with Crippen LogP contribution in [0.2, 0.25) is 10.0 Å². The summed E-state index contributed by atoms with van der Waals surface area (Å²) in [6, 6.07) is 16.2. The maximum Gasteiger partial charge on any atom is 0.257 e. The van der Waals surface area contributed by atoms with E-state index >= 15 is 0 Å². The largest absolute Gasteiger partial charge is 0.396 e. The summed E-state index contributed by atoms with van der Waals surface area (Å²) in [6.45, 7) is -3.13. The smallest absolute Gasteiger partial charge is 0.257 e. The third-order valence-electron chi connectivity index (χ3n) is 6.74. The summed E-state index contributed by atoms with van der Waals surface area (Å²) in [5.41, 5.74) is -1.28. The minimum atomic E-state index is -3.73. The number of aliphatic hydroxyl groups excluding tert-OH is 1. The molecular weight excluding hydrogens is 601 g/mol. The number of ether oxygens (including phenoxy) is 1. The number of hydrogen-bond acceptors (Lipinski definition) is 5. The molecule has 0 bridgehead atoms. The van der Waals surface area contributed by atoms with E-state index in [-0.39, 0.29) is 16.5 Å². The van der Waals surface area contributed by atoms with Gasteiger partial charge in [-0.15, -0.1) is 0 Å². The van der Waals surface area contributed by atoms with Crippen molar-refractivity contribution in [1.82, 2.24) is 4.90 Å². The van der Waals surface area contributed by atoms with E-state index in [2.05, 4.69) is 15.9 Å². The molecule has 1 saturated carbocycles. The van der Waals surface area contributed by atoms with Crippen molar-refractivity contribution in [2.24, 2.45) is 5.41 Å². The number of aliphatic hydroxyl groups is 1. The first-order chi connectivity index (χ1) is 18.3. The number of fused-ring (bicyclic) bond motifs is 1. The number of carbonyl (C=O) groups is 1. The van der Waals surface area contributed by atoms with Crippen molar-refractivity contribution in [2.45, 2.75) is 30.0 Å². The van der Waals surface area contributed by atoms with Crippen LogP contribution in [0.4, 0.5) is 0 Å². The molecule has 6 nitrogen and oxygen atoms in total. The van der Waals surface area contributed by atoms with Gasteiger partial charge in [0.2, 0.25) is 0 Å². The van der Waals surface area contributed by atoms with E-state index in [9.17, 15) is 18.3 Å². The van der Waals surface area contributed by atoms with Crippen LogP contribution in [0.25, 0.3) is 0 Å². The van der Waals surface area contributed by atoms with E-state index in [0.29, 0.717) is 44.6 Å². The molecule has 1 N–H and O–H groups in total. The Morgan fingerprint density at radius 3 is 2.38 bits per heavy atom. The van der Waals surface area contributed by atoms with Crippen LogP contribution in [0.3, 0.4) is 0 Å². The Morgan fingerprint density at radius 1 is 1.08 bits per heavy atom. The van der Waals surface area contributed by atoms with Gasteiger partial charge < -0.3 is 9.84 Å². The molecule has 3 unspecified atom stereocenters. The molecule has 1 amide bonds. The van der Waals surface area contributed by atoms with Gasteiger partial charge in [-0.1, -0.05) is 63.4 Å². The average Bonchev–Trinajstić information content (AvgIpc) is 3.65. The predicted molar refractivity (Wildman–Crippen MR) is 146 cm³/mol. The lowest BCUT2D eigenvalue weighted by molar-refractivity contribution is -0.129. The summed E-state index contributed by atoms with van der Waals surface area (Å²) in [6.07, 6.45) is 1.90. The maximum absolute atomic E-state index is 14.1. The first kappa shape index (κ1) is 24.1. The number of hydrogen-bond donors (Lipinski definition) is 1. The monoisotopic (exact) mass is 625 g/mol. The zero-order valence-corrected chi connectivity index (χ0v) is 23.5. The zero-order chi connectivity index (χ0) is 28.3. The van der Waals surface area contributed by atoms with E-state index in [1.807, 2.05) is 0 Å². The van der Waals surface area contributed by atoms with Crippen LogP contribution in [0, 0.1) is 5.41 Å². The second-order valence-corrected chi connectivity index (χ2v) is 13.1. The number of rotatable bonds is 8. The zero-order valence-electron chi connectivity index (χ0n) is 21.6. The fraction of sp³-hybridized carbons (Fsp3) is 0.296. The second kappa shape index (κ2) is 9.67. The molecule has 1 fully saturated rings. The Bertz CT molecular complexity index is 1570. The highest BCUT2D eigenvalue weighted by Crippen LogP contribution is 2.51. The third-order valence-corrected chi connectivity index (χ3v) is 8.90. The van der Waals surface area contributed by atoms with Crippen LogP contribution in [-0.2, 0) is 26.8 Å². The minimum Gasteiger partial charge on any atom is -0.396 e. The Labute approximate surface area is 237 Å². The average molecular weight is 627 g/mol. The van der Waals surface area contributed by atoms with Gasteiger partial charge in [-0.25, -0.2) is 8.42 Å². The molecule has 1 aliphatic heterocycles. The van der Waals surface area contributed by atoms with Gasteiger partial charge in [0, 0.05) is 42.9 Å². The molecule has 0 radical (unpaired) electrons. The van der Waals surface area contributed by atoms with Crippen LogP contribution in [-0.4, -0.2) is 43.8 Å². The molecule has 2 aliphatic rings. The number of sulfone groups is 1. The summed E-state index contributed by atoms with van der Waals surface area (Å²) >= 11 is 15.7. The van der Waals surface area contributed by atoms with Crippen LogP contribution in [0.1, 0.15) is 42.6 Å². The van der Waals surface area contributed by atoms with Crippen LogP contribution >= 0.6 is 39.1 Å². The quantitative estimate of drug-likeness (QED) is 0.341. The lowest BCUT2D eigenvalue weighted by Gasteiger charge is -2.40. The van der Waals surface area contributed by atoms with Gasteiger partial charge in [-0.3, -0.25) is 9.69 Å². The third kappa shape index (κ3) is 4.84. The van der Waals surface area contributed by atoms with E-state index in [4.69, 9.17) is 30.7 Å². The first-order valence-electron chi connectivity index (χ1n) is 12.5. The molecule has 1 aliphatic carbocycles. The Morgan fingerprint density at radius 2 is 1.76 bits per heavy atom. The number of amides is 1. The molecule has 0 aromatic heterocycles. The molecule has 3 atom stereocenters. The molecule has 0 saturated heterocycles. The van der Waals surface area contributed by atoms with E-state index in [0.717, 1.165) is 6.26 Å². The van der Waals surface area contributed by atoms with E-state index in [1.54, 1.807) is 54.6 Å². The molecule has 37 heavy (non-hydrogen) atoms. The normalized spacial score (nSPS) is 22.7. The van der Waals surface area contributed by atoms with Gasteiger partial charge in [0.25, 0.3) is 5.91 Å². The highest BCUT2D eigenvalue weighted by atomic mass is 79.9. The fourth-order valence-electron chi connectivity index (χ4n) is 4.59. The number of halogens is 3. The standard InChI is InChI=1S/C27H24BrCl2NO5S/c1-37(34,35)24-13-21(30)6-2-17(24)14-31-25(33)22-12-19(28)5-9-23(22)27(31,18-3-7-20(29)8-4-18)36-16-26(15-32)10-11-26/h2-9,12-13,32H,10-11,14-16H2,1H3/i15D,16D. The van der Waals surface area contributed by atoms with Crippen LogP contribution in [0.5, 0.6) is 0 Å². The van der Waals surface area contributed by atoms with Gasteiger partial charge >= 0.3 is 0 Å². The summed E-state index contributed by atoms with van der Waals surface area (Å²) in [5.74, 6) is -0.445. The topological polar surface area (TPSA) is 83.9 Å². The molecular formula is C27H24BrCl2NO5S. The van der Waals surface area contributed by atoms with Crippen LogP contribution in [0.15, 0.2) is 70.0 Å². The summed E-state index contributed by atoms with van der Waals surface area (Å²) < 4.78 is 49.5. The summed E-state index contributed by atoms with van der Waals surface area (Å²) in [4.78, 5) is 15.4. The Hall–Kier alpha value is -1.94. The van der Waals surface area contributed by atoms with Crippen molar-refractivity contribution >= 4 is 54.9 Å². The highest BCUT2D eigenvalue weighted by Gasteiger charge is 2.55. The van der Waals surface area contributed by atoms with E-state index in [1.165, 1.54) is 11.0 Å². The molecule has 10 heteroatoms. The SMILES string of the molecule is [2H]C(O)C1(C([2H])OC2(c3ccc(Cl)cc3)c3ccc(Br)cc3C(=O)N2Cc2ccc(Cl)cc2S(C)(=O)=O)CC1. The van der Waals surface area contributed by atoms with E-state index < -0.39 is 40.1 Å². The van der Waals surface area contributed by atoms with Gasteiger partial charge in [0.15, 0.2) is 15.6 Å². The molecule has 1 heterocycles. The summed E-state index contributed by atoms with van der Waals surface area (Å²) in [7, 11) is -3.73. The number of carbonyl (C=O) groups excluding carboxylic acids is 1. The Balaban J connectivity index is 1.75. The van der Waals surface area contributed by atoms with Gasteiger partial charge in [-0.05, 0) is 54.8 Å². The van der Waals surface area contributed by atoms with Crippen molar-refractivity contribution in [3.63, 3.8) is 0 Å². The number of nitrogens with zero attached hydrogens (tertiary/aromatic N) is 1. The highest BCUT2D eigenvalue weighted by molar-refractivity contribution is 9.10. The second-order valence-electron chi connectivity index (χ2n) is 9.35. The minimum absolute atomic E-state index is 0.0346. The van der Waals surface area contributed by atoms with Gasteiger partial charge in [0.1, 0.15) is 0 Å². The molecule has 194 valence electrons. The fourth-order valence-corrected chi connectivity index (χ4v) is 6.26. The summed E-state index contributed by atoms with van der Waals surface area (Å²) in [5, 5.41) is 10.9. The predicted octanol–water partition coefficient (Wildman–Crippen LogP) is 5.81. The number of benzene rings is 3. The molecule has 3 aromatic carbocycles. The maximum atomic E-state index is 14.1. The molecule has 3 aromatic rings. The van der Waals surface area contributed by atoms with Gasteiger partial charge in [0.05, 0.1) is 27.3 Å². The lowest BCUT2D eigenvalue weighted by Crippen LogP contribution is -2.47. The lowest BCUT2D eigenvalue weighted by atomic mass is 9.92.